The van der Waals surface area contributed by atoms with Gasteiger partial charge in [0.05, 0.1) is 5.92 Å². The number of aliphatic carboxylic acids is 1. The molecule has 0 aliphatic rings. The average Bonchev–Trinajstić information content (AvgIpc) is 1.88. The zero-order valence-corrected chi connectivity index (χ0v) is 6.29. The van der Waals surface area contributed by atoms with Crippen molar-refractivity contribution in [3.8, 4) is 12.3 Å². The Morgan fingerprint density at radius 1 is 1.80 bits per heavy atom. The molecule has 2 atom stereocenters. The topological polar surface area (TPSA) is 37.3 Å². The number of carboxylic acids is 1. The van der Waals surface area contributed by atoms with Crippen molar-refractivity contribution < 1.29 is 9.90 Å². The van der Waals surface area contributed by atoms with Crippen LogP contribution >= 0.6 is 0 Å². The molecule has 0 aromatic carbocycles. The first-order chi connectivity index (χ1) is 4.63. The smallest absolute Gasteiger partial charge is 0.307 e. The zero-order chi connectivity index (χ0) is 8.15. The Morgan fingerprint density at radius 2 is 2.30 bits per heavy atom. The average molecular weight is 140 g/mol. The maximum Gasteiger partial charge on any atom is 0.307 e. The number of rotatable bonds is 3. The number of carboxylic acid groups (broad SMARTS) is 1. The molecular formula is C8H12O2. The molecule has 0 heterocycles. The lowest BCUT2D eigenvalue weighted by Gasteiger charge is -2.11. The van der Waals surface area contributed by atoms with Crippen LogP contribution in [-0.4, -0.2) is 11.1 Å². The summed E-state index contributed by atoms with van der Waals surface area (Å²) in [7, 11) is 0. The molecule has 0 bridgehead atoms. The van der Waals surface area contributed by atoms with Gasteiger partial charge in [0, 0.05) is 5.92 Å². The lowest BCUT2D eigenvalue weighted by molar-refractivity contribution is -0.142. The fraction of sp³-hybridized carbons (Fsp3) is 0.625. The van der Waals surface area contributed by atoms with Crippen molar-refractivity contribution in [2.75, 3.05) is 0 Å². The van der Waals surface area contributed by atoms with Gasteiger partial charge in [0.25, 0.3) is 0 Å². The molecule has 0 radical (unpaired) electrons. The Balaban J connectivity index is 4.09. The van der Waals surface area contributed by atoms with Gasteiger partial charge in [-0.1, -0.05) is 13.8 Å². The van der Waals surface area contributed by atoms with Crippen LogP contribution in [0.3, 0.4) is 0 Å². The largest absolute Gasteiger partial charge is 0.481 e. The maximum atomic E-state index is 10.4. The van der Waals surface area contributed by atoms with Gasteiger partial charge in [-0.05, 0) is 6.42 Å². The molecule has 0 aliphatic heterocycles. The van der Waals surface area contributed by atoms with Gasteiger partial charge in [0.2, 0.25) is 0 Å². The van der Waals surface area contributed by atoms with E-state index >= 15 is 0 Å². The van der Waals surface area contributed by atoms with E-state index in [1.54, 1.807) is 6.92 Å². The van der Waals surface area contributed by atoms with Crippen molar-refractivity contribution in [2.45, 2.75) is 20.3 Å². The highest BCUT2D eigenvalue weighted by Crippen LogP contribution is 2.13. The van der Waals surface area contributed by atoms with Gasteiger partial charge in [0.1, 0.15) is 0 Å². The zero-order valence-electron chi connectivity index (χ0n) is 6.29. The quantitative estimate of drug-likeness (QED) is 0.601. The molecule has 2 nitrogen and oxygen atoms in total. The molecule has 0 aliphatic carbocycles. The highest BCUT2D eigenvalue weighted by Gasteiger charge is 2.20. The van der Waals surface area contributed by atoms with Gasteiger partial charge in [0.15, 0.2) is 0 Å². The summed E-state index contributed by atoms with van der Waals surface area (Å²) in [4.78, 5) is 10.4. The fourth-order valence-electron chi connectivity index (χ4n) is 0.858. The van der Waals surface area contributed by atoms with Gasteiger partial charge in [-0.25, -0.2) is 0 Å². The highest BCUT2D eigenvalue weighted by atomic mass is 16.4. The number of carbonyl (C=O) groups is 1. The highest BCUT2D eigenvalue weighted by molar-refractivity contribution is 5.70. The van der Waals surface area contributed by atoms with E-state index in [4.69, 9.17) is 11.5 Å². The van der Waals surface area contributed by atoms with Crippen molar-refractivity contribution in [2.24, 2.45) is 11.8 Å². The molecule has 10 heavy (non-hydrogen) atoms. The molecule has 0 fully saturated rings. The minimum atomic E-state index is -0.798. The van der Waals surface area contributed by atoms with E-state index in [1.807, 2.05) is 6.92 Å². The minimum Gasteiger partial charge on any atom is -0.481 e. The van der Waals surface area contributed by atoms with Crippen molar-refractivity contribution >= 4 is 5.97 Å². The Kier molecular flexibility index (Phi) is 3.56. The molecule has 0 spiro atoms. The summed E-state index contributed by atoms with van der Waals surface area (Å²) in [5.41, 5.74) is 0. The molecule has 1 N–H and O–H groups in total. The van der Waals surface area contributed by atoms with Crippen LogP contribution < -0.4 is 0 Å². The second-order valence-electron chi connectivity index (χ2n) is 2.31. The van der Waals surface area contributed by atoms with E-state index in [0.29, 0.717) is 6.42 Å². The van der Waals surface area contributed by atoms with E-state index in [0.717, 1.165) is 0 Å². The van der Waals surface area contributed by atoms with Crippen LogP contribution in [0.1, 0.15) is 20.3 Å². The summed E-state index contributed by atoms with van der Waals surface area (Å²) >= 11 is 0. The lowest BCUT2D eigenvalue weighted by atomic mass is 9.93. The van der Waals surface area contributed by atoms with Gasteiger partial charge in [-0.3, -0.25) is 4.79 Å². The second kappa shape index (κ2) is 3.94. The normalized spacial score (nSPS) is 15.3. The summed E-state index contributed by atoms with van der Waals surface area (Å²) in [6.07, 6.45) is 5.67. The van der Waals surface area contributed by atoms with Crippen LogP contribution in [0.25, 0.3) is 0 Å². The summed E-state index contributed by atoms with van der Waals surface area (Å²) in [5.74, 6) is 1.07. The molecule has 0 saturated heterocycles. The predicted molar refractivity (Wildman–Crippen MR) is 39.4 cm³/mol. The van der Waals surface area contributed by atoms with Crippen molar-refractivity contribution in [3.63, 3.8) is 0 Å². The van der Waals surface area contributed by atoms with E-state index in [1.165, 1.54) is 0 Å². The van der Waals surface area contributed by atoms with Crippen molar-refractivity contribution in [1.29, 1.82) is 0 Å². The number of hydrogen-bond acceptors (Lipinski definition) is 1. The van der Waals surface area contributed by atoms with E-state index in [-0.39, 0.29) is 11.8 Å². The monoisotopic (exact) mass is 140 g/mol. The van der Waals surface area contributed by atoms with Crippen LogP contribution in [0.4, 0.5) is 0 Å². The lowest BCUT2D eigenvalue weighted by Crippen LogP contribution is -2.19. The van der Waals surface area contributed by atoms with Crippen LogP contribution in [0.2, 0.25) is 0 Å². The number of hydrogen-bond donors (Lipinski definition) is 1. The molecule has 0 unspecified atom stereocenters. The first-order valence-corrected chi connectivity index (χ1v) is 3.32. The molecule has 56 valence electrons. The Bertz CT molecular complexity index is 155. The molecule has 0 rings (SSSR count). The number of terminal acetylenes is 1. The molecule has 2 heteroatoms. The van der Waals surface area contributed by atoms with Crippen LogP contribution in [0.15, 0.2) is 0 Å². The first kappa shape index (κ1) is 9.03. The van der Waals surface area contributed by atoms with Crippen LogP contribution in [-0.2, 0) is 4.79 Å². The first-order valence-electron chi connectivity index (χ1n) is 3.32. The summed E-state index contributed by atoms with van der Waals surface area (Å²) < 4.78 is 0. The maximum absolute atomic E-state index is 10.4. The van der Waals surface area contributed by atoms with Gasteiger partial charge < -0.3 is 5.11 Å². The molecular weight excluding hydrogens is 128 g/mol. The van der Waals surface area contributed by atoms with E-state index < -0.39 is 5.97 Å². The van der Waals surface area contributed by atoms with Gasteiger partial charge in [-0.2, -0.15) is 0 Å². The Hall–Kier alpha value is -0.970. The summed E-state index contributed by atoms with van der Waals surface area (Å²) in [5, 5.41) is 8.58. The van der Waals surface area contributed by atoms with Crippen molar-refractivity contribution in [3.05, 3.63) is 0 Å². The third kappa shape index (κ3) is 2.10. The van der Waals surface area contributed by atoms with Gasteiger partial charge in [-0.15, -0.1) is 12.3 Å². The third-order valence-electron chi connectivity index (χ3n) is 1.62. The fourth-order valence-corrected chi connectivity index (χ4v) is 0.858. The summed E-state index contributed by atoms with van der Waals surface area (Å²) in [6.45, 7) is 3.58. The minimum absolute atomic E-state index is 0.164. The van der Waals surface area contributed by atoms with E-state index in [2.05, 4.69) is 5.92 Å². The second-order valence-corrected chi connectivity index (χ2v) is 2.31. The predicted octanol–water partition coefficient (Wildman–Crippen LogP) is 1.37. The Labute approximate surface area is 61.2 Å². The molecule has 0 aromatic heterocycles. The SMILES string of the molecule is C#C[C@@H](C)[C@H](CC)C(=O)O. The summed E-state index contributed by atoms with van der Waals surface area (Å²) in [6, 6.07) is 0. The van der Waals surface area contributed by atoms with Crippen LogP contribution in [0.5, 0.6) is 0 Å². The van der Waals surface area contributed by atoms with E-state index in [9.17, 15) is 4.79 Å². The molecule has 0 aromatic rings. The third-order valence-corrected chi connectivity index (χ3v) is 1.62. The standard InChI is InChI=1S/C8H12O2/c1-4-6(3)7(5-2)8(9)10/h1,6-7H,5H2,2-3H3,(H,9,10)/t6-,7+/m1/s1. The van der Waals surface area contributed by atoms with Gasteiger partial charge >= 0.3 is 5.97 Å². The molecule has 0 saturated carbocycles. The van der Waals surface area contributed by atoms with Crippen LogP contribution in [0, 0.1) is 24.2 Å². The Morgan fingerprint density at radius 3 is 2.40 bits per heavy atom. The van der Waals surface area contributed by atoms with Crippen molar-refractivity contribution in [1.82, 2.24) is 0 Å². The molecule has 0 amide bonds.